The predicted octanol–water partition coefficient (Wildman–Crippen LogP) is 6.16. The summed E-state index contributed by atoms with van der Waals surface area (Å²) < 4.78 is 8.76. The van der Waals surface area contributed by atoms with Gasteiger partial charge in [-0.1, -0.05) is 40.0 Å². The number of hydrogen-bond donors (Lipinski definition) is 3. The Morgan fingerprint density at radius 2 is 1.76 bits per heavy atom. The molecule has 5 rings (SSSR count). The van der Waals surface area contributed by atoms with Gasteiger partial charge in [0.05, 0.1) is 24.3 Å². The number of rotatable bonds is 9. The highest BCUT2D eigenvalue weighted by molar-refractivity contribution is 5.97. The van der Waals surface area contributed by atoms with Gasteiger partial charge in [0, 0.05) is 47.4 Å². The number of carbonyl (C=O) groups excluding carboxylic acids is 2. The minimum atomic E-state index is -0.637. The van der Waals surface area contributed by atoms with Crippen LogP contribution in [0.1, 0.15) is 120 Å². The van der Waals surface area contributed by atoms with Gasteiger partial charge in [-0.05, 0) is 88.0 Å². The van der Waals surface area contributed by atoms with Crippen molar-refractivity contribution in [3.05, 3.63) is 40.6 Å². The molecule has 2 aliphatic carbocycles. The molecule has 7 heteroatoms. The van der Waals surface area contributed by atoms with E-state index >= 15 is 0 Å². The molecule has 3 aliphatic rings. The first-order chi connectivity index (χ1) is 19.8. The monoisotopic (exact) mass is 577 g/mol. The number of ether oxygens (including phenoxy) is 1. The van der Waals surface area contributed by atoms with Gasteiger partial charge in [0.25, 0.3) is 5.91 Å². The summed E-state index contributed by atoms with van der Waals surface area (Å²) in [5, 5.41) is 15.1. The van der Waals surface area contributed by atoms with E-state index in [2.05, 4.69) is 61.1 Å². The lowest BCUT2D eigenvalue weighted by Crippen LogP contribution is -2.51. The highest BCUT2D eigenvalue weighted by Crippen LogP contribution is 2.58. The first-order valence-electron chi connectivity index (χ1n) is 16.1. The molecule has 42 heavy (non-hydrogen) atoms. The number of aliphatic hydroxyl groups excluding tert-OH is 1. The van der Waals surface area contributed by atoms with Crippen molar-refractivity contribution in [3.63, 3.8) is 0 Å². The van der Waals surface area contributed by atoms with Crippen molar-refractivity contribution in [1.82, 2.24) is 15.2 Å². The topological polar surface area (TPSA) is 92.6 Å². The van der Waals surface area contributed by atoms with Gasteiger partial charge in [0.1, 0.15) is 5.75 Å². The molecule has 1 aliphatic heterocycles. The Morgan fingerprint density at radius 1 is 1.05 bits per heavy atom. The van der Waals surface area contributed by atoms with Crippen LogP contribution in [-0.2, 0) is 22.2 Å². The van der Waals surface area contributed by atoms with Crippen LogP contribution in [0.4, 0.5) is 0 Å². The van der Waals surface area contributed by atoms with Crippen molar-refractivity contribution in [2.24, 2.45) is 5.92 Å². The number of amides is 2. The number of hydrogen-bond acceptors (Lipinski definition) is 4. The molecule has 2 heterocycles. The van der Waals surface area contributed by atoms with Crippen molar-refractivity contribution in [3.8, 4) is 17.0 Å². The average Bonchev–Trinajstić information content (AvgIpc) is 3.63. The molecule has 230 valence electrons. The quantitative estimate of drug-likeness (QED) is 0.333. The van der Waals surface area contributed by atoms with E-state index < -0.39 is 5.54 Å². The van der Waals surface area contributed by atoms with Crippen LogP contribution >= 0.6 is 0 Å². The van der Waals surface area contributed by atoms with Crippen molar-refractivity contribution in [2.45, 2.75) is 122 Å². The third-order valence-electron chi connectivity index (χ3n) is 9.73. The summed E-state index contributed by atoms with van der Waals surface area (Å²) in [5.41, 5.74) is 6.08. The molecule has 0 saturated heterocycles. The third-order valence-corrected chi connectivity index (χ3v) is 9.73. The molecule has 0 radical (unpaired) electrons. The number of nitrogens with zero attached hydrogens (tertiary/aromatic N) is 1. The number of nitrogens with one attached hydrogen (secondary N) is 2. The molecule has 2 saturated carbocycles. The second kappa shape index (κ2) is 11.7. The van der Waals surface area contributed by atoms with Crippen LogP contribution in [-0.4, -0.2) is 46.8 Å². The fourth-order valence-corrected chi connectivity index (χ4v) is 7.00. The van der Waals surface area contributed by atoms with E-state index in [-0.39, 0.29) is 35.7 Å². The molecule has 7 nitrogen and oxygen atoms in total. The van der Waals surface area contributed by atoms with E-state index in [1.54, 1.807) is 0 Å². The molecule has 0 atom stereocenters. The lowest BCUT2D eigenvalue weighted by molar-refractivity contribution is -0.123. The van der Waals surface area contributed by atoms with Crippen LogP contribution in [0.15, 0.2) is 18.2 Å². The Kier molecular flexibility index (Phi) is 8.54. The largest absolute Gasteiger partial charge is 0.493 e. The van der Waals surface area contributed by atoms with Gasteiger partial charge in [0.15, 0.2) is 0 Å². The van der Waals surface area contributed by atoms with Crippen LogP contribution < -0.4 is 15.4 Å². The van der Waals surface area contributed by atoms with Gasteiger partial charge < -0.3 is 25.0 Å². The molecule has 1 aromatic carbocycles. The van der Waals surface area contributed by atoms with E-state index in [1.165, 1.54) is 61.6 Å². The molecule has 2 amide bonds. The van der Waals surface area contributed by atoms with Gasteiger partial charge in [-0.2, -0.15) is 0 Å². The average molecular weight is 578 g/mol. The van der Waals surface area contributed by atoms with E-state index in [4.69, 9.17) is 9.84 Å². The summed E-state index contributed by atoms with van der Waals surface area (Å²) in [4.78, 5) is 25.8. The van der Waals surface area contributed by atoms with Crippen LogP contribution in [0, 0.1) is 12.8 Å². The van der Waals surface area contributed by atoms with Crippen molar-refractivity contribution in [1.29, 1.82) is 0 Å². The molecule has 1 spiro atoms. The lowest BCUT2D eigenvalue weighted by Gasteiger charge is -2.33. The van der Waals surface area contributed by atoms with E-state index in [0.717, 1.165) is 36.7 Å². The summed E-state index contributed by atoms with van der Waals surface area (Å²) in [6, 6.07) is 6.76. The van der Waals surface area contributed by atoms with Gasteiger partial charge in [0.2, 0.25) is 5.91 Å². The van der Waals surface area contributed by atoms with Gasteiger partial charge >= 0.3 is 0 Å². The Balaban J connectivity index is 1.52. The molecule has 0 unspecified atom stereocenters. The smallest absolute Gasteiger partial charge is 0.253 e. The Labute approximate surface area is 251 Å². The first-order valence-corrected chi connectivity index (χ1v) is 16.1. The van der Waals surface area contributed by atoms with Gasteiger partial charge in [-0.15, -0.1) is 0 Å². The van der Waals surface area contributed by atoms with Gasteiger partial charge in [-0.3, -0.25) is 9.59 Å². The zero-order valence-electron chi connectivity index (χ0n) is 26.6. The normalized spacial score (nSPS) is 18.4. The Morgan fingerprint density at radius 3 is 2.40 bits per heavy atom. The number of aliphatic hydroxyl groups is 1. The van der Waals surface area contributed by atoms with E-state index in [9.17, 15) is 9.59 Å². The molecule has 0 bridgehead atoms. The van der Waals surface area contributed by atoms with Crippen molar-refractivity contribution >= 4 is 11.8 Å². The van der Waals surface area contributed by atoms with Gasteiger partial charge in [-0.25, -0.2) is 0 Å². The SMILES string of the molecule is Cc1c(C(=O)NCC(C)(C)NC(=O)CCO)cc(-c2cc(C(C)(C)C)c3c(c2)C2(CCO3)CC2)n1CC1CCCCC1. The molecular weight excluding hydrogens is 526 g/mol. The zero-order chi connectivity index (χ0) is 30.3. The second-order valence-electron chi connectivity index (χ2n) is 14.8. The maximum absolute atomic E-state index is 13.7. The Hall–Kier alpha value is -2.80. The van der Waals surface area contributed by atoms with Crippen LogP contribution in [0.3, 0.4) is 0 Å². The van der Waals surface area contributed by atoms with Crippen molar-refractivity contribution in [2.75, 3.05) is 19.8 Å². The minimum Gasteiger partial charge on any atom is -0.493 e. The fraction of sp³-hybridized carbons (Fsp3) is 0.657. The maximum Gasteiger partial charge on any atom is 0.253 e. The predicted molar refractivity (Wildman–Crippen MR) is 167 cm³/mol. The summed E-state index contributed by atoms with van der Waals surface area (Å²) in [5.74, 6) is 1.34. The standard InChI is InChI=1S/C35H51N3O4/c1-23-26(32(41)36-22-34(5,6)37-30(40)12-16-39)20-29(38(23)21-24-10-8-7-9-11-24)25-18-27(33(2,3)4)31-28(19-25)35(13-14-35)15-17-42-31/h18-20,24,39H,7-17,21-22H2,1-6H3,(H,36,41)(H,37,40). The molecule has 3 N–H and O–H groups in total. The third kappa shape index (κ3) is 6.41. The van der Waals surface area contributed by atoms with E-state index in [0.29, 0.717) is 18.0 Å². The van der Waals surface area contributed by atoms with E-state index in [1.807, 2.05) is 13.8 Å². The summed E-state index contributed by atoms with van der Waals surface area (Å²) in [7, 11) is 0. The van der Waals surface area contributed by atoms with Crippen LogP contribution in [0.25, 0.3) is 11.3 Å². The number of aromatic nitrogens is 1. The maximum atomic E-state index is 13.7. The summed E-state index contributed by atoms with van der Waals surface area (Å²) in [6.45, 7) is 14.4. The minimum absolute atomic E-state index is 0.0491. The second-order valence-corrected chi connectivity index (χ2v) is 14.8. The summed E-state index contributed by atoms with van der Waals surface area (Å²) in [6.07, 6.45) is 9.89. The van der Waals surface area contributed by atoms with Crippen LogP contribution in [0.5, 0.6) is 5.75 Å². The van der Waals surface area contributed by atoms with Crippen LogP contribution in [0.2, 0.25) is 0 Å². The molecule has 2 aromatic rings. The Bertz CT molecular complexity index is 1310. The summed E-state index contributed by atoms with van der Waals surface area (Å²) >= 11 is 0. The lowest BCUT2D eigenvalue weighted by atomic mass is 9.79. The first kappa shape index (κ1) is 30.7. The zero-order valence-corrected chi connectivity index (χ0v) is 26.6. The molecule has 1 aromatic heterocycles. The van der Waals surface area contributed by atoms with Crippen molar-refractivity contribution < 1.29 is 19.4 Å². The number of benzene rings is 1. The highest BCUT2D eigenvalue weighted by Gasteiger charge is 2.49. The number of carbonyl (C=O) groups is 2. The molecule has 2 fully saturated rings. The molecular formula is C35H51N3O4. The fourth-order valence-electron chi connectivity index (χ4n) is 7.00. The number of fused-ring (bicyclic) bond motifs is 2. The highest BCUT2D eigenvalue weighted by atomic mass is 16.5.